The number of carbonyl (C=O) groups excluding carboxylic acids is 2. The number of hydrogen-bond acceptors (Lipinski definition) is 7. The zero-order valence-electron chi connectivity index (χ0n) is 32.3. The third kappa shape index (κ3) is 13.7. The Morgan fingerprint density at radius 2 is 1.64 bits per heavy atom. The van der Waals surface area contributed by atoms with Crippen molar-refractivity contribution in [3.63, 3.8) is 0 Å². The van der Waals surface area contributed by atoms with Crippen LogP contribution in [0.5, 0.6) is 5.75 Å². The van der Waals surface area contributed by atoms with Crippen molar-refractivity contribution in [2.45, 2.75) is 103 Å². The SMILES string of the molecule is CC(C)(C)OC(=O)N=C(NC(=O)OC(C)(C)C)N1CCC[C@H]1C1=N/C(c2ccc(OCC/C=C/c3ccc(C(F)(F)F)cc3)c(C(F)(F)F)c2)=C\CCOCC1. The Balaban J connectivity index is 1.59. The first-order valence-electron chi connectivity index (χ1n) is 18.2. The van der Waals surface area contributed by atoms with E-state index in [4.69, 9.17) is 23.9 Å². The van der Waals surface area contributed by atoms with Gasteiger partial charge in [-0.15, -0.1) is 4.99 Å². The quantitative estimate of drug-likeness (QED) is 0.129. The molecular formula is C40H48F6N4O6. The van der Waals surface area contributed by atoms with Gasteiger partial charge in [-0.2, -0.15) is 26.3 Å². The predicted molar refractivity (Wildman–Crippen MR) is 200 cm³/mol. The number of ether oxygens (including phenoxy) is 4. The average Bonchev–Trinajstić information content (AvgIpc) is 3.59. The molecular weight excluding hydrogens is 746 g/mol. The molecule has 0 saturated carbocycles. The fraction of sp³-hybridized carbons (Fsp3) is 0.500. The van der Waals surface area contributed by atoms with Crippen LogP contribution in [0.2, 0.25) is 0 Å². The van der Waals surface area contributed by atoms with Gasteiger partial charge in [0, 0.05) is 24.2 Å². The van der Waals surface area contributed by atoms with Gasteiger partial charge in [0.05, 0.1) is 42.7 Å². The zero-order valence-corrected chi connectivity index (χ0v) is 32.3. The van der Waals surface area contributed by atoms with Crippen LogP contribution < -0.4 is 10.1 Å². The number of likely N-dealkylation sites (tertiary alicyclic amines) is 1. The lowest BCUT2D eigenvalue weighted by molar-refractivity contribution is -0.139. The standard InChI is InChI=1S/C40H48F6N4O6/c1-37(2,3)55-35(51)48-34(49-36(52)56-38(4,5)6)50-21-9-13-32(50)31-20-24-53-22-10-12-30(47-31)27-16-19-33(29(25-27)40(44,45)46)54-23-8-7-11-26-14-17-28(18-15-26)39(41,42)43/h7,11-12,14-19,25,32H,8-10,13,20-24H2,1-6H3,(H,48,49,51,52)/b11-7+,30-12-,47-31?/t32-/m0/s1. The summed E-state index contributed by atoms with van der Waals surface area (Å²) >= 11 is 0. The Labute approximate surface area is 322 Å². The Bertz CT molecular complexity index is 1810. The second kappa shape index (κ2) is 18.4. The number of rotatable bonds is 7. The van der Waals surface area contributed by atoms with E-state index in [1.807, 2.05) is 0 Å². The van der Waals surface area contributed by atoms with E-state index in [1.165, 1.54) is 24.3 Å². The van der Waals surface area contributed by atoms with Crippen molar-refractivity contribution in [3.8, 4) is 5.75 Å². The molecule has 2 aromatic rings. The molecule has 1 atom stereocenters. The first-order valence-corrected chi connectivity index (χ1v) is 18.2. The highest BCUT2D eigenvalue weighted by atomic mass is 19.4. The number of nitrogens with zero attached hydrogens (tertiary/aromatic N) is 3. The molecule has 2 aliphatic rings. The third-order valence-corrected chi connectivity index (χ3v) is 8.15. The average molecular weight is 795 g/mol. The Morgan fingerprint density at radius 1 is 0.946 bits per heavy atom. The zero-order chi connectivity index (χ0) is 41.3. The first kappa shape index (κ1) is 43.9. The van der Waals surface area contributed by atoms with Gasteiger partial charge in [0.25, 0.3) is 0 Å². The lowest BCUT2D eigenvalue weighted by Crippen LogP contribution is -2.50. The fourth-order valence-electron chi connectivity index (χ4n) is 5.81. The van der Waals surface area contributed by atoms with Gasteiger partial charge in [-0.05, 0) is 103 Å². The maximum atomic E-state index is 14.4. The minimum Gasteiger partial charge on any atom is -0.493 e. The Kier molecular flexibility index (Phi) is 14.4. The summed E-state index contributed by atoms with van der Waals surface area (Å²) < 4.78 is 104. The lowest BCUT2D eigenvalue weighted by Gasteiger charge is -2.30. The Hall–Kier alpha value is -4.86. The van der Waals surface area contributed by atoms with Crippen LogP contribution in [-0.4, -0.2) is 72.4 Å². The molecule has 0 aliphatic carbocycles. The molecule has 2 aromatic carbocycles. The molecule has 0 radical (unpaired) electrons. The summed E-state index contributed by atoms with van der Waals surface area (Å²) in [6.45, 7) is 10.9. The number of carbonyl (C=O) groups is 2. The number of hydrogen-bond donors (Lipinski definition) is 1. The van der Waals surface area contributed by atoms with E-state index in [2.05, 4.69) is 10.3 Å². The molecule has 56 heavy (non-hydrogen) atoms. The van der Waals surface area contributed by atoms with Crippen molar-refractivity contribution in [1.82, 2.24) is 10.2 Å². The van der Waals surface area contributed by atoms with Crippen molar-refractivity contribution in [2.24, 2.45) is 9.98 Å². The Morgan fingerprint density at radius 3 is 2.29 bits per heavy atom. The van der Waals surface area contributed by atoms with Crippen molar-refractivity contribution >= 4 is 35.6 Å². The summed E-state index contributed by atoms with van der Waals surface area (Å²) in [6, 6.07) is 7.68. The highest BCUT2D eigenvalue weighted by Crippen LogP contribution is 2.39. The normalized spacial score (nSPS) is 18.7. The summed E-state index contributed by atoms with van der Waals surface area (Å²) in [5.74, 6) is -0.501. The molecule has 16 heteroatoms. The molecule has 1 N–H and O–H groups in total. The number of alkyl carbamates (subject to hydrolysis) is 1. The van der Waals surface area contributed by atoms with Crippen LogP contribution in [0.15, 0.2) is 64.6 Å². The van der Waals surface area contributed by atoms with Crippen LogP contribution in [0, 0.1) is 0 Å². The van der Waals surface area contributed by atoms with Gasteiger partial charge in [-0.1, -0.05) is 30.4 Å². The number of nitrogens with one attached hydrogen (secondary N) is 1. The van der Waals surface area contributed by atoms with E-state index in [9.17, 15) is 35.9 Å². The van der Waals surface area contributed by atoms with E-state index in [0.29, 0.717) is 50.1 Å². The van der Waals surface area contributed by atoms with E-state index in [0.717, 1.165) is 18.2 Å². The van der Waals surface area contributed by atoms with Gasteiger partial charge < -0.3 is 23.8 Å². The highest BCUT2D eigenvalue weighted by molar-refractivity contribution is 6.03. The molecule has 2 heterocycles. The minimum absolute atomic E-state index is 0.111. The highest BCUT2D eigenvalue weighted by Gasteiger charge is 2.37. The predicted octanol–water partition coefficient (Wildman–Crippen LogP) is 10.1. The van der Waals surface area contributed by atoms with Crippen molar-refractivity contribution in [3.05, 3.63) is 76.9 Å². The third-order valence-electron chi connectivity index (χ3n) is 8.15. The molecule has 10 nitrogen and oxygen atoms in total. The number of alkyl halides is 6. The van der Waals surface area contributed by atoms with Crippen molar-refractivity contribution in [2.75, 3.05) is 26.4 Å². The molecule has 0 spiro atoms. The van der Waals surface area contributed by atoms with Crippen molar-refractivity contribution < 1.29 is 54.9 Å². The van der Waals surface area contributed by atoms with Crippen LogP contribution in [0.3, 0.4) is 0 Å². The molecule has 0 aromatic heterocycles. The van der Waals surface area contributed by atoms with E-state index < -0.39 is 58.7 Å². The maximum absolute atomic E-state index is 14.4. The number of aliphatic imine (C=N–C) groups is 2. The molecule has 1 saturated heterocycles. The van der Waals surface area contributed by atoms with Crippen LogP contribution in [0.4, 0.5) is 35.9 Å². The van der Waals surface area contributed by atoms with Gasteiger partial charge >= 0.3 is 24.5 Å². The first-order chi connectivity index (χ1) is 26.1. The second-order valence-electron chi connectivity index (χ2n) is 15.1. The number of guanidine groups is 1. The van der Waals surface area contributed by atoms with E-state index in [1.54, 1.807) is 64.7 Å². The fourth-order valence-corrected chi connectivity index (χ4v) is 5.81. The number of amides is 2. The molecule has 2 amide bonds. The van der Waals surface area contributed by atoms with Gasteiger partial charge in [-0.25, -0.2) is 9.59 Å². The van der Waals surface area contributed by atoms with Gasteiger partial charge in [0.1, 0.15) is 17.0 Å². The summed E-state index contributed by atoms with van der Waals surface area (Å²) in [5.41, 5.74) is -2.00. The van der Waals surface area contributed by atoms with Gasteiger partial charge in [0.15, 0.2) is 0 Å². The van der Waals surface area contributed by atoms with Crippen LogP contribution in [0.25, 0.3) is 11.8 Å². The number of benzene rings is 2. The van der Waals surface area contributed by atoms with E-state index in [-0.39, 0.29) is 36.9 Å². The summed E-state index contributed by atoms with van der Waals surface area (Å²) in [4.78, 5) is 36.5. The van der Waals surface area contributed by atoms with Crippen molar-refractivity contribution in [1.29, 1.82) is 0 Å². The second-order valence-corrected chi connectivity index (χ2v) is 15.1. The molecule has 306 valence electrons. The number of halogens is 6. The van der Waals surface area contributed by atoms with Gasteiger partial charge in [0.2, 0.25) is 5.96 Å². The molecule has 2 aliphatic heterocycles. The monoisotopic (exact) mass is 794 g/mol. The summed E-state index contributed by atoms with van der Waals surface area (Å²) in [7, 11) is 0. The molecule has 4 rings (SSSR count). The van der Waals surface area contributed by atoms with Crippen LogP contribution in [0.1, 0.15) is 95.9 Å². The van der Waals surface area contributed by atoms with Gasteiger partial charge in [-0.3, -0.25) is 10.3 Å². The summed E-state index contributed by atoms with van der Waals surface area (Å²) in [5, 5.41) is 2.59. The topological polar surface area (TPSA) is 111 Å². The van der Waals surface area contributed by atoms with Crippen LogP contribution in [-0.2, 0) is 26.6 Å². The van der Waals surface area contributed by atoms with E-state index >= 15 is 0 Å². The lowest BCUT2D eigenvalue weighted by atomic mass is 10.0. The molecule has 1 fully saturated rings. The molecule has 0 unspecified atom stereocenters. The largest absolute Gasteiger partial charge is 0.493 e. The smallest absolute Gasteiger partial charge is 0.437 e. The maximum Gasteiger partial charge on any atom is 0.437 e. The van der Waals surface area contributed by atoms with Crippen LogP contribution >= 0.6 is 0 Å². The minimum atomic E-state index is -4.78. The molecule has 0 bridgehead atoms. The summed E-state index contributed by atoms with van der Waals surface area (Å²) in [6.07, 6.45) is -4.14.